The molecule has 0 amide bonds. The van der Waals surface area contributed by atoms with E-state index in [0.29, 0.717) is 19.4 Å². The molecule has 10 heavy (non-hydrogen) atoms. The first kappa shape index (κ1) is 9.44. The molecule has 0 heterocycles. The van der Waals surface area contributed by atoms with Gasteiger partial charge in [-0.2, -0.15) is 0 Å². The monoisotopic (exact) mass is 312 g/mol. The molecular weight excluding hydrogens is 307 g/mol. The molecule has 0 aliphatic rings. The molecular formula is C6H5FO2W. The topological polar surface area (TPSA) is 37.3 Å². The van der Waals surface area contributed by atoms with Gasteiger partial charge in [0.2, 0.25) is 0 Å². The van der Waals surface area contributed by atoms with E-state index in [1.165, 1.54) is 0 Å². The van der Waals surface area contributed by atoms with Crippen LogP contribution in [0.2, 0.25) is 0 Å². The molecule has 0 bridgehead atoms. The summed E-state index contributed by atoms with van der Waals surface area (Å²) in [6.07, 6.45) is 2.22. The maximum absolute atomic E-state index is 12.0. The third-order valence-corrected chi connectivity index (χ3v) is 1.18. The van der Waals surface area contributed by atoms with Crippen LogP contribution in [0.1, 0.15) is 0 Å². The van der Waals surface area contributed by atoms with Crippen LogP contribution < -0.4 is 0 Å². The first-order valence-electron chi connectivity index (χ1n) is 2.34. The van der Waals surface area contributed by atoms with Crippen LogP contribution in [-0.4, -0.2) is 15.2 Å². The van der Waals surface area contributed by atoms with Gasteiger partial charge in [0.1, 0.15) is 0 Å². The van der Waals surface area contributed by atoms with Crippen molar-refractivity contribution in [2.45, 2.75) is 0 Å². The van der Waals surface area contributed by atoms with Crippen molar-refractivity contribution in [1.82, 2.24) is 0 Å². The van der Waals surface area contributed by atoms with Crippen LogP contribution >= 0.6 is 0 Å². The second-order valence-electron chi connectivity index (χ2n) is 1.47. The van der Waals surface area contributed by atoms with E-state index in [4.69, 9.17) is 5.11 Å². The van der Waals surface area contributed by atoms with E-state index in [0.717, 1.165) is 12.2 Å². The Hall–Kier alpha value is -0.562. The van der Waals surface area contributed by atoms with E-state index >= 15 is 0 Å². The van der Waals surface area contributed by atoms with Gasteiger partial charge in [0.15, 0.2) is 0 Å². The SMILES string of the molecule is C=C(C=C[C](F)=[W])C(=O)O. The maximum atomic E-state index is 12.0. The second kappa shape index (κ2) is 4.28. The van der Waals surface area contributed by atoms with Crippen molar-refractivity contribution in [3.63, 3.8) is 0 Å². The van der Waals surface area contributed by atoms with E-state index in [1.54, 1.807) is 0 Å². The molecule has 0 unspecified atom stereocenters. The summed E-state index contributed by atoms with van der Waals surface area (Å²) in [6, 6.07) is 0. The molecule has 4 heteroatoms. The van der Waals surface area contributed by atoms with Gasteiger partial charge >= 0.3 is 68.1 Å². The van der Waals surface area contributed by atoms with Gasteiger partial charge in [-0.3, -0.25) is 0 Å². The molecule has 0 fully saturated rings. The molecule has 0 aromatic rings. The summed E-state index contributed by atoms with van der Waals surface area (Å²) in [6.45, 7) is 3.17. The summed E-state index contributed by atoms with van der Waals surface area (Å²) in [4.78, 5) is 10.0. The number of carboxylic acid groups (broad SMARTS) is 1. The average Bonchev–Trinajstić information content (AvgIpc) is 1.82. The standard InChI is InChI=1S/C6H5FO2.W/c1-5(6(8)9)3-2-4-7;/h2-3H,1H2,(H,8,9);. The van der Waals surface area contributed by atoms with Gasteiger partial charge in [0, 0.05) is 0 Å². The number of halogens is 1. The Morgan fingerprint density at radius 3 is 2.40 bits per heavy atom. The Morgan fingerprint density at radius 1 is 1.60 bits per heavy atom. The number of allylic oxidation sites excluding steroid dienone is 1. The molecule has 0 atom stereocenters. The average molecular weight is 312 g/mol. The molecule has 0 aliphatic carbocycles. The van der Waals surface area contributed by atoms with Crippen molar-refractivity contribution >= 4 is 10.1 Å². The first-order valence-corrected chi connectivity index (χ1v) is 3.80. The number of aliphatic carboxylic acids is 1. The fourth-order valence-corrected chi connectivity index (χ4v) is 0.482. The van der Waals surface area contributed by atoms with Crippen LogP contribution in [0.4, 0.5) is 4.39 Å². The quantitative estimate of drug-likeness (QED) is 0.619. The van der Waals surface area contributed by atoms with E-state index in [2.05, 4.69) is 6.58 Å². The van der Waals surface area contributed by atoms with Crippen molar-refractivity contribution in [3.8, 4) is 0 Å². The summed E-state index contributed by atoms with van der Waals surface area (Å²) in [5.74, 6) is -1.13. The Kier molecular flexibility index (Phi) is 4.04. The molecule has 0 saturated carbocycles. The number of rotatable bonds is 3. The van der Waals surface area contributed by atoms with Crippen LogP contribution in [0.15, 0.2) is 24.3 Å². The normalized spacial score (nSPS) is 9.70. The molecule has 0 saturated heterocycles. The first-order chi connectivity index (χ1) is 4.54. The summed E-state index contributed by atoms with van der Waals surface area (Å²) in [5.41, 5.74) is -0.114. The van der Waals surface area contributed by atoms with Crippen LogP contribution in [-0.2, 0) is 24.1 Å². The van der Waals surface area contributed by atoms with Crippen LogP contribution in [0, 0.1) is 0 Å². The number of carboxylic acids is 1. The predicted molar refractivity (Wildman–Crippen MR) is 32.0 cm³/mol. The van der Waals surface area contributed by atoms with E-state index in [1.807, 2.05) is 0 Å². The summed E-state index contributed by atoms with van der Waals surface area (Å²) >= 11 is 0.671. The fraction of sp³-hybridized carbons (Fsp3) is 0. The third kappa shape index (κ3) is 4.33. The van der Waals surface area contributed by atoms with Gasteiger partial charge in [-0.25, -0.2) is 0 Å². The fourth-order valence-electron chi connectivity index (χ4n) is 0.237. The Bertz CT molecular complexity index is 208. The number of hydrogen-bond donors (Lipinski definition) is 1. The third-order valence-electron chi connectivity index (χ3n) is 0.690. The van der Waals surface area contributed by atoms with Crippen molar-refractivity contribution in [2.75, 3.05) is 0 Å². The van der Waals surface area contributed by atoms with Gasteiger partial charge in [-0.05, 0) is 0 Å². The molecule has 2 nitrogen and oxygen atoms in total. The van der Waals surface area contributed by atoms with Gasteiger partial charge in [-0.1, -0.05) is 0 Å². The second-order valence-corrected chi connectivity index (χ2v) is 2.87. The summed E-state index contributed by atoms with van der Waals surface area (Å²) < 4.78 is 11.6. The minimum absolute atomic E-state index is 0.114. The zero-order chi connectivity index (χ0) is 8.15. The number of carbonyl (C=O) groups is 1. The van der Waals surface area contributed by atoms with Crippen LogP contribution in [0.3, 0.4) is 0 Å². The Labute approximate surface area is 68.5 Å². The van der Waals surface area contributed by atoms with Gasteiger partial charge in [-0.15, -0.1) is 0 Å². The van der Waals surface area contributed by atoms with E-state index in [-0.39, 0.29) is 9.72 Å². The van der Waals surface area contributed by atoms with Crippen LogP contribution in [0.25, 0.3) is 0 Å². The van der Waals surface area contributed by atoms with Crippen molar-refractivity contribution < 1.29 is 33.6 Å². The molecule has 0 radical (unpaired) electrons. The zero-order valence-corrected chi connectivity index (χ0v) is 7.94. The predicted octanol–water partition coefficient (Wildman–Crippen LogP) is 0.830. The molecule has 0 aromatic carbocycles. The van der Waals surface area contributed by atoms with Gasteiger partial charge in [0.05, 0.1) is 0 Å². The molecule has 1 N–H and O–H groups in total. The van der Waals surface area contributed by atoms with E-state index in [9.17, 15) is 9.18 Å². The van der Waals surface area contributed by atoms with Crippen molar-refractivity contribution in [3.05, 3.63) is 24.3 Å². The van der Waals surface area contributed by atoms with Gasteiger partial charge < -0.3 is 0 Å². The van der Waals surface area contributed by atoms with Crippen molar-refractivity contribution in [2.24, 2.45) is 0 Å². The van der Waals surface area contributed by atoms with Crippen molar-refractivity contribution in [1.29, 1.82) is 0 Å². The Morgan fingerprint density at radius 2 is 2.10 bits per heavy atom. The van der Waals surface area contributed by atoms with E-state index < -0.39 is 5.97 Å². The summed E-state index contributed by atoms with van der Waals surface area (Å²) in [5, 5.41) is 8.22. The molecule has 0 rings (SSSR count). The van der Waals surface area contributed by atoms with Gasteiger partial charge in [0.25, 0.3) is 0 Å². The molecule has 0 aliphatic heterocycles. The minimum atomic E-state index is -1.13. The summed E-state index contributed by atoms with van der Waals surface area (Å²) in [7, 11) is 0. The number of hydrogen-bond acceptors (Lipinski definition) is 1. The van der Waals surface area contributed by atoms with Crippen LogP contribution in [0.5, 0.6) is 0 Å². The molecule has 0 aromatic heterocycles. The molecule has 54 valence electrons. The molecule has 0 spiro atoms. The zero-order valence-electron chi connectivity index (χ0n) is 5.00. The Balaban J connectivity index is 4.03.